The highest BCUT2D eigenvalue weighted by Crippen LogP contribution is 2.16. The van der Waals surface area contributed by atoms with E-state index >= 15 is 0 Å². The number of hydrogen-bond donors (Lipinski definition) is 0. The molecule has 0 saturated carbocycles. The zero-order chi connectivity index (χ0) is 9.52. The van der Waals surface area contributed by atoms with Gasteiger partial charge in [-0.05, 0) is 0 Å². The van der Waals surface area contributed by atoms with Gasteiger partial charge < -0.3 is 0 Å². The third-order valence-corrected chi connectivity index (χ3v) is 4.90. The van der Waals surface area contributed by atoms with Crippen LogP contribution < -0.4 is 0 Å². The minimum absolute atomic E-state index is 0.609. The summed E-state index contributed by atoms with van der Waals surface area (Å²) in [6.45, 7) is 11.4. The highest BCUT2D eigenvalue weighted by Gasteiger charge is 2.40. The van der Waals surface area contributed by atoms with E-state index in [9.17, 15) is 0 Å². The fourth-order valence-corrected chi connectivity index (χ4v) is 4.74. The quantitative estimate of drug-likeness (QED) is 0.435. The van der Waals surface area contributed by atoms with Gasteiger partial charge in [0.1, 0.15) is 13.7 Å². The zero-order valence-corrected chi connectivity index (χ0v) is 9.97. The van der Waals surface area contributed by atoms with Crippen molar-refractivity contribution in [1.29, 1.82) is 0 Å². The van der Waals surface area contributed by atoms with Crippen LogP contribution in [0, 0.1) is 0 Å². The van der Waals surface area contributed by atoms with Gasteiger partial charge in [-0.15, -0.1) is 0 Å². The molecule has 68 valence electrons. The predicted molar refractivity (Wildman–Crippen MR) is 57.1 cm³/mol. The summed E-state index contributed by atoms with van der Waals surface area (Å²) < 4.78 is 2.32. The first kappa shape index (κ1) is 9.64. The van der Waals surface area contributed by atoms with Gasteiger partial charge in [0.15, 0.2) is 5.71 Å². The molecule has 0 aromatic heterocycles. The monoisotopic (exact) mass is 183 g/mol. The molecule has 1 atom stereocenters. The van der Waals surface area contributed by atoms with Crippen LogP contribution in [0.1, 0.15) is 13.8 Å². The van der Waals surface area contributed by atoms with Gasteiger partial charge in [0, 0.05) is 13.8 Å². The lowest BCUT2D eigenvalue weighted by Gasteiger charge is -2.22. The summed E-state index contributed by atoms with van der Waals surface area (Å²) in [7, 11) is 1.03. The Morgan fingerprint density at radius 3 is 1.92 bits per heavy atom. The standard InChI is InChI=1S/C9H19N2Si/c1-7-9(12(4,5)6)11(3)8(2)10-7/h9H,1-6H3/q+1. The average molecular weight is 183 g/mol. The zero-order valence-electron chi connectivity index (χ0n) is 8.97. The molecule has 3 heteroatoms. The molecule has 0 spiro atoms. The van der Waals surface area contributed by atoms with Gasteiger partial charge in [-0.2, -0.15) is 0 Å². The fourth-order valence-electron chi connectivity index (χ4n) is 2.07. The number of amidine groups is 1. The fraction of sp³-hybridized carbons (Fsp3) is 0.778. The largest absolute Gasteiger partial charge is 0.290 e. The number of hydrogen-bond acceptors (Lipinski definition) is 1. The van der Waals surface area contributed by atoms with Crippen molar-refractivity contribution in [3.8, 4) is 0 Å². The summed E-state index contributed by atoms with van der Waals surface area (Å²) in [5.74, 6) is 1.17. The van der Waals surface area contributed by atoms with E-state index in [1.54, 1.807) is 0 Å². The number of rotatable bonds is 1. The normalized spacial score (nSPS) is 24.8. The van der Waals surface area contributed by atoms with E-state index in [-0.39, 0.29) is 0 Å². The Labute approximate surface area is 76.0 Å². The maximum Gasteiger partial charge on any atom is 0.290 e. The van der Waals surface area contributed by atoms with E-state index in [2.05, 4.69) is 50.1 Å². The summed E-state index contributed by atoms with van der Waals surface area (Å²) in [5.41, 5.74) is 1.91. The minimum atomic E-state index is -1.12. The molecule has 0 aromatic carbocycles. The first-order valence-electron chi connectivity index (χ1n) is 4.45. The molecule has 0 saturated heterocycles. The Hall–Kier alpha value is -0.443. The van der Waals surface area contributed by atoms with E-state index in [1.807, 2.05) is 0 Å². The van der Waals surface area contributed by atoms with E-state index in [4.69, 9.17) is 0 Å². The van der Waals surface area contributed by atoms with Crippen molar-refractivity contribution in [3.05, 3.63) is 0 Å². The first-order chi connectivity index (χ1) is 5.34. The van der Waals surface area contributed by atoms with Gasteiger partial charge >= 0.3 is 0 Å². The summed E-state index contributed by atoms with van der Waals surface area (Å²) in [6.07, 6.45) is 0. The molecule has 1 aliphatic rings. The lowest BCUT2D eigenvalue weighted by Crippen LogP contribution is -2.48. The molecule has 2 nitrogen and oxygen atoms in total. The molecule has 0 fully saturated rings. The third kappa shape index (κ3) is 1.51. The van der Waals surface area contributed by atoms with Crippen LogP contribution in [0.5, 0.6) is 0 Å². The lowest BCUT2D eigenvalue weighted by molar-refractivity contribution is -0.498. The van der Waals surface area contributed by atoms with Crippen molar-refractivity contribution < 1.29 is 4.58 Å². The van der Waals surface area contributed by atoms with Crippen LogP contribution in [0.4, 0.5) is 0 Å². The molecule has 0 radical (unpaired) electrons. The Morgan fingerprint density at radius 1 is 1.25 bits per heavy atom. The van der Waals surface area contributed by atoms with Crippen LogP contribution in [-0.4, -0.2) is 36.9 Å². The SMILES string of the molecule is CC1=NC(C)=[N+](C)C1[Si](C)(C)C. The molecule has 0 aliphatic carbocycles. The summed E-state index contributed by atoms with van der Waals surface area (Å²) in [6, 6.07) is 0. The van der Waals surface area contributed by atoms with Gasteiger partial charge in [0.2, 0.25) is 0 Å². The lowest BCUT2D eigenvalue weighted by atomic mass is 10.4. The van der Waals surface area contributed by atoms with E-state index in [0.717, 1.165) is 0 Å². The highest BCUT2D eigenvalue weighted by molar-refractivity contribution is 6.80. The highest BCUT2D eigenvalue weighted by atomic mass is 28.3. The molecule has 12 heavy (non-hydrogen) atoms. The van der Waals surface area contributed by atoms with Crippen LogP contribution in [0.2, 0.25) is 19.6 Å². The topological polar surface area (TPSA) is 15.4 Å². The number of nitrogens with zero attached hydrogens (tertiary/aromatic N) is 2. The molecule has 0 N–H and O–H groups in total. The van der Waals surface area contributed by atoms with Crippen molar-refractivity contribution in [2.75, 3.05) is 7.05 Å². The molecule has 0 amide bonds. The second-order valence-electron chi connectivity index (χ2n) is 4.68. The summed E-state index contributed by atoms with van der Waals surface area (Å²) in [5, 5.41) is 0. The van der Waals surface area contributed by atoms with Crippen LogP contribution in [0.3, 0.4) is 0 Å². The van der Waals surface area contributed by atoms with Gasteiger partial charge in [-0.3, -0.25) is 4.58 Å². The van der Waals surface area contributed by atoms with Crippen LogP contribution in [0.25, 0.3) is 0 Å². The van der Waals surface area contributed by atoms with Gasteiger partial charge in [0.05, 0.1) is 7.05 Å². The third-order valence-electron chi connectivity index (χ3n) is 2.45. The molecule has 0 aromatic rings. The molecule has 1 heterocycles. The molecule has 1 aliphatic heterocycles. The maximum atomic E-state index is 4.51. The summed E-state index contributed by atoms with van der Waals surface area (Å²) in [4.78, 5) is 4.51. The van der Waals surface area contributed by atoms with Crippen molar-refractivity contribution in [3.63, 3.8) is 0 Å². The van der Waals surface area contributed by atoms with Crippen LogP contribution in [-0.2, 0) is 0 Å². The van der Waals surface area contributed by atoms with Gasteiger partial charge in [-0.25, -0.2) is 0 Å². The van der Waals surface area contributed by atoms with E-state index in [1.165, 1.54) is 11.5 Å². The average Bonchev–Trinajstić information content (AvgIpc) is 2.05. The minimum Gasteiger partial charge on any atom is -0.258 e. The van der Waals surface area contributed by atoms with Crippen LogP contribution in [0.15, 0.2) is 4.99 Å². The molecule has 0 bridgehead atoms. The molecular weight excluding hydrogens is 164 g/mol. The van der Waals surface area contributed by atoms with Crippen molar-refractivity contribution >= 4 is 19.6 Å². The van der Waals surface area contributed by atoms with Crippen molar-refractivity contribution in [1.82, 2.24) is 0 Å². The smallest absolute Gasteiger partial charge is 0.258 e. The second kappa shape index (κ2) is 2.80. The number of aliphatic imine (C=N–C) groups is 1. The molecule has 1 unspecified atom stereocenters. The predicted octanol–water partition coefficient (Wildman–Crippen LogP) is 1.77. The maximum absolute atomic E-state index is 4.51. The Bertz CT molecular complexity index is 258. The molecular formula is C9H19N2Si+. The van der Waals surface area contributed by atoms with Crippen molar-refractivity contribution in [2.45, 2.75) is 39.2 Å². The van der Waals surface area contributed by atoms with Gasteiger partial charge in [0.25, 0.3) is 5.84 Å². The second-order valence-corrected chi connectivity index (χ2v) is 9.96. The van der Waals surface area contributed by atoms with E-state index < -0.39 is 8.07 Å². The Morgan fingerprint density at radius 2 is 1.75 bits per heavy atom. The van der Waals surface area contributed by atoms with E-state index in [0.29, 0.717) is 5.67 Å². The molecule has 1 rings (SSSR count). The van der Waals surface area contributed by atoms with Crippen LogP contribution >= 0.6 is 0 Å². The Kier molecular flexibility index (Phi) is 2.25. The van der Waals surface area contributed by atoms with Crippen molar-refractivity contribution in [2.24, 2.45) is 4.99 Å². The van der Waals surface area contributed by atoms with Gasteiger partial charge in [-0.1, -0.05) is 24.6 Å². The summed E-state index contributed by atoms with van der Waals surface area (Å²) >= 11 is 0. The first-order valence-corrected chi connectivity index (χ1v) is 8.03. The Balaban J connectivity index is 3.02.